The highest BCUT2D eigenvalue weighted by molar-refractivity contribution is 5.89. The third kappa shape index (κ3) is 2.28. The Bertz CT molecular complexity index is 560. The van der Waals surface area contributed by atoms with Crippen LogP contribution in [-0.2, 0) is 9.59 Å². The molecule has 2 aliphatic rings. The van der Waals surface area contributed by atoms with Gasteiger partial charge in [0.15, 0.2) is 0 Å². The molecule has 5 heteroatoms. The monoisotopic (exact) mass is 277 g/mol. The molecule has 1 N–H and O–H groups in total. The van der Waals surface area contributed by atoms with E-state index in [1.807, 2.05) is 6.07 Å². The molecular weight excluding hydrogens is 261 g/mol. The molecule has 1 saturated heterocycles. The Balaban J connectivity index is 1.76. The van der Waals surface area contributed by atoms with Gasteiger partial charge in [0.25, 0.3) is 0 Å². The third-order valence-electron chi connectivity index (χ3n) is 4.19. The summed E-state index contributed by atoms with van der Waals surface area (Å²) in [4.78, 5) is 25.0. The number of aliphatic carboxylic acids is 1. The van der Waals surface area contributed by atoms with Gasteiger partial charge in [0.1, 0.15) is 5.82 Å². The second-order valence-corrected chi connectivity index (χ2v) is 5.53. The van der Waals surface area contributed by atoms with Gasteiger partial charge in [-0.25, -0.2) is 4.39 Å². The predicted octanol–water partition coefficient (Wildman–Crippen LogP) is 2.21. The van der Waals surface area contributed by atoms with Crippen molar-refractivity contribution < 1.29 is 19.1 Å². The van der Waals surface area contributed by atoms with Crippen LogP contribution in [0, 0.1) is 17.7 Å². The number of hydrogen-bond donors (Lipinski definition) is 1. The number of benzene rings is 1. The van der Waals surface area contributed by atoms with Gasteiger partial charge in [0.05, 0.1) is 17.9 Å². The molecule has 0 bridgehead atoms. The summed E-state index contributed by atoms with van der Waals surface area (Å²) in [7, 11) is 0. The van der Waals surface area contributed by atoms with Crippen molar-refractivity contribution in [3.63, 3.8) is 0 Å². The molecule has 3 rings (SSSR count). The van der Waals surface area contributed by atoms with Gasteiger partial charge in [0, 0.05) is 6.54 Å². The number of halogens is 1. The maximum Gasteiger partial charge on any atom is 0.307 e. The molecule has 0 spiro atoms. The minimum atomic E-state index is -0.898. The molecule has 2 fully saturated rings. The van der Waals surface area contributed by atoms with Crippen LogP contribution in [0.2, 0.25) is 0 Å². The number of nitrogens with zero attached hydrogens (tertiary/aromatic N) is 1. The van der Waals surface area contributed by atoms with Gasteiger partial charge in [-0.2, -0.15) is 0 Å². The maximum atomic E-state index is 13.3. The van der Waals surface area contributed by atoms with Crippen molar-refractivity contribution in [2.75, 3.05) is 6.54 Å². The summed E-state index contributed by atoms with van der Waals surface area (Å²) in [6.45, 7) is 0.628. The van der Waals surface area contributed by atoms with Crippen LogP contribution in [0.4, 0.5) is 4.39 Å². The Morgan fingerprint density at radius 1 is 1.30 bits per heavy atom. The number of carboxylic acids is 1. The van der Waals surface area contributed by atoms with Crippen LogP contribution in [0.15, 0.2) is 24.3 Å². The molecule has 3 unspecified atom stereocenters. The largest absolute Gasteiger partial charge is 0.481 e. The smallest absolute Gasteiger partial charge is 0.307 e. The zero-order valence-electron chi connectivity index (χ0n) is 11.0. The summed E-state index contributed by atoms with van der Waals surface area (Å²) in [5.74, 6) is -2.22. The normalized spacial score (nSPS) is 28.4. The highest BCUT2D eigenvalue weighted by atomic mass is 19.1. The quantitative estimate of drug-likeness (QED) is 0.921. The average Bonchev–Trinajstić information content (AvgIpc) is 3.07. The van der Waals surface area contributed by atoms with Gasteiger partial charge in [-0.15, -0.1) is 0 Å². The lowest BCUT2D eigenvalue weighted by molar-refractivity contribution is -0.142. The summed E-state index contributed by atoms with van der Waals surface area (Å²) < 4.78 is 13.3. The molecule has 0 radical (unpaired) electrons. The summed E-state index contributed by atoms with van der Waals surface area (Å²) in [5, 5.41) is 8.91. The Labute approximate surface area is 116 Å². The van der Waals surface area contributed by atoms with Gasteiger partial charge in [0.2, 0.25) is 5.91 Å². The van der Waals surface area contributed by atoms with Gasteiger partial charge >= 0.3 is 5.97 Å². The zero-order valence-corrected chi connectivity index (χ0v) is 11.0. The maximum absolute atomic E-state index is 13.3. The van der Waals surface area contributed by atoms with Crippen molar-refractivity contribution in [2.45, 2.75) is 25.3 Å². The van der Waals surface area contributed by atoms with Crippen LogP contribution in [0.5, 0.6) is 0 Å². The van der Waals surface area contributed by atoms with Gasteiger partial charge in [-0.1, -0.05) is 12.1 Å². The van der Waals surface area contributed by atoms with Crippen molar-refractivity contribution in [1.29, 1.82) is 0 Å². The molecule has 0 aromatic heterocycles. The van der Waals surface area contributed by atoms with Crippen molar-refractivity contribution in [2.24, 2.45) is 11.8 Å². The van der Waals surface area contributed by atoms with Crippen LogP contribution < -0.4 is 0 Å². The first-order valence-corrected chi connectivity index (χ1v) is 6.86. The summed E-state index contributed by atoms with van der Waals surface area (Å²) in [6, 6.07) is 6.18. The Hall–Kier alpha value is -1.91. The van der Waals surface area contributed by atoms with Crippen molar-refractivity contribution in [1.82, 2.24) is 4.90 Å². The SMILES string of the molecule is O=C(O)C1CC1C(=O)N1CCCC1c1cccc(F)c1. The number of carbonyl (C=O) groups is 2. The molecule has 20 heavy (non-hydrogen) atoms. The molecule has 3 atom stereocenters. The minimum absolute atomic E-state index is 0.0934. The Morgan fingerprint density at radius 2 is 2.10 bits per heavy atom. The minimum Gasteiger partial charge on any atom is -0.481 e. The number of carbonyl (C=O) groups excluding carboxylic acids is 1. The standard InChI is InChI=1S/C15H16FNO3/c16-10-4-1-3-9(7-10)13-5-2-6-17(13)14(18)11-8-12(11)15(19)20/h1,3-4,7,11-13H,2,5-6,8H2,(H,19,20). The lowest BCUT2D eigenvalue weighted by Gasteiger charge is -2.25. The summed E-state index contributed by atoms with van der Waals surface area (Å²) >= 11 is 0. The molecule has 1 aromatic carbocycles. The van der Waals surface area contributed by atoms with E-state index in [1.165, 1.54) is 12.1 Å². The summed E-state index contributed by atoms with van der Waals surface area (Å²) in [6.07, 6.45) is 2.11. The second kappa shape index (κ2) is 4.89. The Morgan fingerprint density at radius 3 is 2.75 bits per heavy atom. The van der Waals surface area contributed by atoms with Crippen LogP contribution >= 0.6 is 0 Å². The van der Waals surface area contributed by atoms with E-state index in [0.29, 0.717) is 13.0 Å². The van der Waals surface area contributed by atoms with Crippen LogP contribution in [-0.4, -0.2) is 28.4 Å². The molecule has 1 heterocycles. The van der Waals surface area contributed by atoms with E-state index < -0.39 is 11.9 Å². The number of likely N-dealkylation sites (tertiary alicyclic amines) is 1. The van der Waals surface area contributed by atoms with Crippen LogP contribution in [0.25, 0.3) is 0 Å². The van der Waals surface area contributed by atoms with Gasteiger partial charge in [-0.05, 0) is 37.0 Å². The topological polar surface area (TPSA) is 57.6 Å². The first kappa shape index (κ1) is 13.1. The molecule has 1 saturated carbocycles. The fraction of sp³-hybridized carbons (Fsp3) is 0.467. The fourth-order valence-electron chi connectivity index (χ4n) is 3.04. The number of hydrogen-bond acceptors (Lipinski definition) is 2. The first-order valence-electron chi connectivity index (χ1n) is 6.86. The van der Waals surface area contributed by atoms with Crippen LogP contribution in [0.1, 0.15) is 30.9 Å². The number of carboxylic acid groups (broad SMARTS) is 1. The van der Waals surface area contributed by atoms with E-state index in [2.05, 4.69) is 0 Å². The van der Waals surface area contributed by atoms with E-state index in [1.54, 1.807) is 11.0 Å². The second-order valence-electron chi connectivity index (χ2n) is 5.53. The highest BCUT2D eigenvalue weighted by Gasteiger charge is 2.51. The third-order valence-corrected chi connectivity index (χ3v) is 4.19. The molecule has 4 nitrogen and oxygen atoms in total. The average molecular weight is 277 g/mol. The van der Waals surface area contributed by atoms with E-state index in [9.17, 15) is 14.0 Å². The molecule has 1 aliphatic carbocycles. The number of rotatable bonds is 3. The van der Waals surface area contributed by atoms with Gasteiger partial charge < -0.3 is 10.0 Å². The molecule has 106 valence electrons. The van der Waals surface area contributed by atoms with E-state index >= 15 is 0 Å². The van der Waals surface area contributed by atoms with Crippen molar-refractivity contribution >= 4 is 11.9 Å². The zero-order chi connectivity index (χ0) is 14.3. The van der Waals surface area contributed by atoms with E-state index in [0.717, 1.165) is 18.4 Å². The van der Waals surface area contributed by atoms with Gasteiger partial charge in [-0.3, -0.25) is 9.59 Å². The Kier molecular flexibility index (Phi) is 3.20. The molecule has 1 aliphatic heterocycles. The van der Waals surface area contributed by atoms with Crippen molar-refractivity contribution in [3.05, 3.63) is 35.6 Å². The van der Waals surface area contributed by atoms with Crippen LogP contribution in [0.3, 0.4) is 0 Å². The van der Waals surface area contributed by atoms with Crippen molar-refractivity contribution in [3.8, 4) is 0 Å². The fourth-order valence-corrected chi connectivity index (χ4v) is 3.04. The first-order chi connectivity index (χ1) is 9.58. The predicted molar refractivity (Wildman–Crippen MR) is 69.3 cm³/mol. The molecule has 1 amide bonds. The highest BCUT2D eigenvalue weighted by Crippen LogP contribution is 2.43. The molecular formula is C15H16FNO3. The lowest BCUT2D eigenvalue weighted by atomic mass is 10.0. The number of amides is 1. The lowest BCUT2D eigenvalue weighted by Crippen LogP contribution is -2.32. The van der Waals surface area contributed by atoms with E-state index in [4.69, 9.17) is 5.11 Å². The molecule has 1 aromatic rings. The van der Waals surface area contributed by atoms with E-state index in [-0.39, 0.29) is 23.7 Å². The summed E-state index contributed by atoms with van der Waals surface area (Å²) in [5.41, 5.74) is 0.795.